The minimum Gasteiger partial charge on any atom is -0.236 e. The Morgan fingerprint density at radius 3 is 2.32 bits per heavy atom. The summed E-state index contributed by atoms with van der Waals surface area (Å²) in [5, 5.41) is 0.286. The van der Waals surface area contributed by atoms with Gasteiger partial charge in [-0.2, -0.15) is 13.2 Å². The molecule has 0 radical (unpaired) electrons. The second-order valence-corrected chi connectivity index (χ2v) is 4.22. The first-order valence-electron chi connectivity index (χ1n) is 5.46. The predicted octanol–water partition coefficient (Wildman–Crippen LogP) is 3.77. The zero-order chi connectivity index (χ0) is 14.0. The Bertz CT molecular complexity index is 582. The Hall–Kier alpha value is -1.69. The number of hydrogen-bond acceptors (Lipinski definition) is 3. The first-order valence-corrected chi connectivity index (χ1v) is 5.84. The third-order valence-corrected chi connectivity index (χ3v) is 2.66. The van der Waals surface area contributed by atoms with E-state index in [0.29, 0.717) is 11.3 Å². The van der Waals surface area contributed by atoms with Gasteiger partial charge in [-0.05, 0) is 24.1 Å². The van der Waals surface area contributed by atoms with E-state index in [1.54, 1.807) is 12.1 Å². The van der Waals surface area contributed by atoms with Gasteiger partial charge in [-0.25, -0.2) is 15.0 Å². The summed E-state index contributed by atoms with van der Waals surface area (Å²) in [6, 6.07) is 3.45. The molecule has 0 spiro atoms. The Morgan fingerprint density at radius 1 is 1.16 bits per heavy atom. The molecule has 0 N–H and O–H groups in total. The Kier molecular flexibility index (Phi) is 3.71. The minimum atomic E-state index is -4.55. The zero-order valence-electron chi connectivity index (χ0n) is 9.87. The van der Waals surface area contributed by atoms with Crippen molar-refractivity contribution in [1.29, 1.82) is 0 Å². The summed E-state index contributed by atoms with van der Waals surface area (Å²) in [7, 11) is 0. The third-order valence-electron chi connectivity index (χ3n) is 2.46. The van der Waals surface area contributed by atoms with Crippen molar-refractivity contribution in [3.63, 3.8) is 0 Å². The number of halogens is 4. The lowest BCUT2D eigenvalue weighted by Crippen LogP contribution is -2.10. The maximum absolute atomic E-state index is 12.3. The third kappa shape index (κ3) is 3.20. The summed E-state index contributed by atoms with van der Waals surface area (Å²) in [6.45, 7) is 1.94. The molecule has 0 aliphatic heterocycles. The number of hydrogen-bond donors (Lipinski definition) is 0. The van der Waals surface area contributed by atoms with Gasteiger partial charge in [0, 0.05) is 18.0 Å². The quantitative estimate of drug-likeness (QED) is 0.789. The molecule has 2 aromatic heterocycles. The Morgan fingerprint density at radius 2 is 1.79 bits per heavy atom. The molecule has 0 aliphatic carbocycles. The van der Waals surface area contributed by atoms with Crippen LogP contribution in [-0.4, -0.2) is 15.0 Å². The van der Waals surface area contributed by atoms with Crippen molar-refractivity contribution in [2.24, 2.45) is 0 Å². The Balaban J connectivity index is 2.40. The average Bonchev–Trinajstić information content (AvgIpc) is 2.37. The molecule has 0 atom stereocenters. The van der Waals surface area contributed by atoms with Crippen LogP contribution in [0.25, 0.3) is 11.3 Å². The van der Waals surface area contributed by atoms with Gasteiger partial charge >= 0.3 is 6.18 Å². The molecule has 0 bridgehead atoms. The molecule has 0 saturated carbocycles. The van der Waals surface area contributed by atoms with Gasteiger partial charge in [-0.1, -0.05) is 18.5 Å². The smallest absolute Gasteiger partial charge is 0.236 e. The molecular weight excluding hydrogens is 279 g/mol. The van der Waals surface area contributed by atoms with Crippen LogP contribution in [0.5, 0.6) is 0 Å². The largest absolute Gasteiger partial charge is 0.451 e. The highest BCUT2D eigenvalue weighted by Gasteiger charge is 2.34. The van der Waals surface area contributed by atoms with E-state index in [2.05, 4.69) is 15.0 Å². The van der Waals surface area contributed by atoms with Crippen LogP contribution in [0.2, 0.25) is 5.15 Å². The topological polar surface area (TPSA) is 38.7 Å². The number of nitrogens with zero attached hydrogens (tertiary/aromatic N) is 3. The van der Waals surface area contributed by atoms with Crippen molar-refractivity contribution in [3.8, 4) is 11.3 Å². The van der Waals surface area contributed by atoms with Crippen LogP contribution in [0.3, 0.4) is 0 Å². The highest BCUT2D eigenvalue weighted by molar-refractivity contribution is 6.29. The summed E-state index contributed by atoms with van der Waals surface area (Å²) < 4.78 is 37.0. The number of aromatic nitrogens is 3. The molecule has 0 unspecified atom stereocenters. The van der Waals surface area contributed by atoms with Crippen LogP contribution in [0.4, 0.5) is 13.2 Å². The van der Waals surface area contributed by atoms with Crippen molar-refractivity contribution in [2.75, 3.05) is 0 Å². The standard InChI is InChI=1S/C12H9ClF3N3/c1-2-7-3-9(19-10(13)4-7)8-5-17-11(18-6-8)12(14,15)16/h3-6H,2H2,1H3. The van der Waals surface area contributed by atoms with Crippen LogP contribution in [0.1, 0.15) is 18.3 Å². The number of alkyl halides is 3. The lowest BCUT2D eigenvalue weighted by molar-refractivity contribution is -0.144. The van der Waals surface area contributed by atoms with E-state index in [0.717, 1.165) is 24.4 Å². The van der Waals surface area contributed by atoms with Crippen molar-refractivity contribution < 1.29 is 13.2 Å². The summed E-state index contributed by atoms with van der Waals surface area (Å²) in [5.41, 5.74) is 1.79. The predicted molar refractivity (Wildman–Crippen MR) is 64.7 cm³/mol. The van der Waals surface area contributed by atoms with E-state index < -0.39 is 12.0 Å². The summed E-state index contributed by atoms with van der Waals surface area (Å²) in [6.07, 6.45) is -1.62. The molecule has 0 aromatic carbocycles. The normalized spacial score (nSPS) is 11.6. The van der Waals surface area contributed by atoms with Crippen molar-refractivity contribution in [2.45, 2.75) is 19.5 Å². The maximum Gasteiger partial charge on any atom is 0.451 e. The maximum atomic E-state index is 12.3. The van der Waals surface area contributed by atoms with Crippen molar-refractivity contribution in [1.82, 2.24) is 15.0 Å². The molecule has 7 heteroatoms. The fraction of sp³-hybridized carbons (Fsp3) is 0.250. The molecule has 2 rings (SSSR count). The highest BCUT2D eigenvalue weighted by Crippen LogP contribution is 2.27. The summed E-state index contributed by atoms with van der Waals surface area (Å²) >= 11 is 5.85. The van der Waals surface area contributed by atoms with E-state index in [4.69, 9.17) is 11.6 Å². The summed E-state index contributed by atoms with van der Waals surface area (Å²) in [4.78, 5) is 10.6. The van der Waals surface area contributed by atoms with Crippen LogP contribution < -0.4 is 0 Å². The van der Waals surface area contributed by atoms with E-state index in [1.807, 2.05) is 6.92 Å². The van der Waals surface area contributed by atoms with Gasteiger partial charge in [0.15, 0.2) is 0 Å². The van der Waals surface area contributed by atoms with E-state index in [9.17, 15) is 13.2 Å². The first kappa shape index (κ1) is 13.7. The van der Waals surface area contributed by atoms with Gasteiger partial charge in [0.25, 0.3) is 0 Å². The van der Waals surface area contributed by atoms with Gasteiger partial charge in [0.1, 0.15) is 5.15 Å². The molecule has 0 fully saturated rings. The lowest BCUT2D eigenvalue weighted by atomic mass is 10.1. The highest BCUT2D eigenvalue weighted by atomic mass is 35.5. The van der Waals surface area contributed by atoms with E-state index in [1.165, 1.54) is 0 Å². The second kappa shape index (κ2) is 5.13. The van der Waals surface area contributed by atoms with E-state index >= 15 is 0 Å². The summed E-state index contributed by atoms with van der Waals surface area (Å²) in [5.74, 6) is -1.17. The number of pyridine rings is 1. The van der Waals surface area contributed by atoms with Crippen molar-refractivity contribution >= 4 is 11.6 Å². The van der Waals surface area contributed by atoms with Crippen molar-refractivity contribution in [3.05, 3.63) is 41.1 Å². The molecule has 2 aromatic rings. The van der Waals surface area contributed by atoms with Crippen LogP contribution in [0.15, 0.2) is 24.5 Å². The van der Waals surface area contributed by atoms with Gasteiger partial charge in [-0.15, -0.1) is 0 Å². The molecule has 19 heavy (non-hydrogen) atoms. The van der Waals surface area contributed by atoms with E-state index in [-0.39, 0.29) is 5.15 Å². The van der Waals surface area contributed by atoms with Gasteiger partial charge in [-0.3, -0.25) is 0 Å². The van der Waals surface area contributed by atoms with Gasteiger partial charge in [0.05, 0.1) is 5.69 Å². The monoisotopic (exact) mass is 287 g/mol. The molecular formula is C12H9ClF3N3. The van der Waals surface area contributed by atoms with Crippen LogP contribution in [-0.2, 0) is 12.6 Å². The fourth-order valence-corrected chi connectivity index (χ4v) is 1.74. The second-order valence-electron chi connectivity index (χ2n) is 3.83. The number of rotatable bonds is 2. The van der Waals surface area contributed by atoms with Crippen LogP contribution >= 0.6 is 11.6 Å². The molecule has 0 aliphatic rings. The SMILES string of the molecule is CCc1cc(Cl)nc(-c2cnc(C(F)(F)F)nc2)c1. The first-order chi connectivity index (χ1) is 8.90. The van der Waals surface area contributed by atoms with Crippen LogP contribution in [0, 0.1) is 0 Å². The van der Waals surface area contributed by atoms with Gasteiger partial charge in [0.2, 0.25) is 5.82 Å². The molecule has 2 heterocycles. The fourth-order valence-electron chi connectivity index (χ4n) is 1.51. The zero-order valence-corrected chi connectivity index (χ0v) is 10.6. The molecule has 100 valence electrons. The Labute approximate surface area is 112 Å². The molecule has 0 saturated heterocycles. The lowest BCUT2D eigenvalue weighted by Gasteiger charge is -2.06. The van der Waals surface area contributed by atoms with Gasteiger partial charge < -0.3 is 0 Å². The molecule has 3 nitrogen and oxygen atoms in total. The number of aryl methyl sites for hydroxylation is 1. The minimum absolute atomic E-state index is 0.286. The average molecular weight is 288 g/mol. The molecule has 0 amide bonds.